The third-order valence-electron chi connectivity index (χ3n) is 5.17. The number of carbonyl (C=O) groups excluding carboxylic acids is 3. The monoisotopic (exact) mass is 470 g/mol. The minimum atomic E-state index is -3.20. The number of thiazole rings is 1. The number of amides is 3. The third-order valence-corrected chi connectivity index (χ3v) is 7.82. The van der Waals surface area contributed by atoms with E-state index in [-0.39, 0.29) is 41.7 Å². The van der Waals surface area contributed by atoms with Gasteiger partial charge in [0.2, 0.25) is 5.91 Å². The summed E-state index contributed by atoms with van der Waals surface area (Å²) in [6.07, 6.45) is 0.443. The predicted molar refractivity (Wildman–Crippen MR) is 111 cm³/mol. The summed E-state index contributed by atoms with van der Waals surface area (Å²) in [5.74, 6) is -1.72. The number of aromatic nitrogens is 1. The first-order valence-corrected chi connectivity index (χ1v) is 12.5. The molecule has 2 saturated heterocycles. The van der Waals surface area contributed by atoms with E-state index in [1.807, 2.05) is 4.90 Å². The van der Waals surface area contributed by atoms with Gasteiger partial charge < -0.3 is 9.64 Å². The van der Waals surface area contributed by atoms with Crippen LogP contribution in [0.5, 0.6) is 0 Å². The Morgan fingerprint density at radius 3 is 2.61 bits per heavy atom. The fourth-order valence-corrected chi connectivity index (χ4v) is 6.06. The van der Waals surface area contributed by atoms with Gasteiger partial charge in [-0.1, -0.05) is 0 Å². The van der Waals surface area contributed by atoms with E-state index in [1.165, 1.54) is 11.3 Å². The second-order valence-corrected chi connectivity index (χ2v) is 10.4. The maximum absolute atomic E-state index is 12.4. The third kappa shape index (κ3) is 5.02. The van der Waals surface area contributed by atoms with Crippen molar-refractivity contribution >= 4 is 49.7 Å². The number of nitrogens with one attached hydrogen (secondary N) is 2. The van der Waals surface area contributed by atoms with Gasteiger partial charge in [0.15, 0.2) is 15.0 Å². The zero-order valence-electron chi connectivity index (χ0n) is 16.6. The van der Waals surface area contributed by atoms with Crippen LogP contribution >= 0.6 is 11.3 Å². The first-order chi connectivity index (χ1) is 14.8. The van der Waals surface area contributed by atoms with Gasteiger partial charge in [-0.15, -0.1) is 11.3 Å². The molecule has 0 aliphatic carbocycles. The summed E-state index contributed by atoms with van der Waals surface area (Å²) < 4.78 is 28.7. The number of morpholine rings is 1. The highest BCUT2D eigenvalue weighted by Gasteiger charge is 2.37. The predicted octanol–water partition coefficient (Wildman–Crippen LogP) is -1.09. The topological polar surface area (TPSA) is 150 Å². The zero-order chi connectivity index (χ0) is 22.0. The zero-order valence-corrected chi connectivity index (χ0v) is 18.2. The first kappa shape index (κ1) is 21.6. The number of sulfone groups is 1. The van der Waals surface area contributed by atoms with Crippen LogP contribution in [0.4, 0.5) is 5.13 Å². The minimum Gasteiger partial charge on any atom is -0.378 e. The Hall–Kier alpha value is -2.58. The normalized spacial score (nSPS) is 23.4. The molecule has 2 N–H and O–H groups in total. The number of hydrogen-bond donors (Lipinski definition) is 2. The van der Waals surface area contributed by atoms with E-state index >= 15 is 0 Å². The number of rotatable bonds is 4. The fourth-order valence-electron chi connectivity index (χ4n) is 3.51. The van der Waals surface area contributed by atoms with Crippen molar-refractivity contribution in [3.8, 4) is 0 Å². The van der Waals surface area contributed by atoms with Gasteiger partial charge in [-0.2, -0.15) is 5.10 Å². The van der Waals surface area contributed by atoms with Gasteiger partial charge >= 0.3 is 0 Å². The van der Waals surface area contributed by atoms with Gasteiger partial charge in [0, 0.05) is 31.3 Å². The molecule has 1 atom stereocenters. The van der Waals surface area contributed by atoms with Crippen LogP contribution in [0.15, 0.2) is 10.5 Å². The van der Waals surface area contributed by atoms with Crippen molar-refractivity contribution in [2.45, 2.75) is 25.3 Å². The molecule has 3 amide bonds. The van der Waals surface area contributed by atoms with E-state index in [1.54, 1.807) is 5.38 Å². The summed E-state index contributed by atoms with van der Waals surface area (Å²) >= 11 is 1.33. The van der Waals surface area contributed by atoms with Gasteiger partial charge in [0.1, 0.15) is 11.4 Å². The van der Waals surface area contributed by atoms with Gasteiger partial charge in [0.05, 0.1) is 30.8 Å². The molecule has 2 fully saturated rings. The molecule has 0 unspecified atom stereocenters. The largest absolute Gasteiger partial charge is 0.378 e. The fraction of sp³-hybridized carbons (Fsp3) is 0.588. The molecule has 3 aliphatic heterocycles. The molecular formula is C17H22N6O6S2. The highest BCUT2D eigenvalue weighted by molar-refractivity contribution is 7.91. The molecule has 1 aromatic heterocycles. The van der Waals surface area contributed by atoms with E-state index in [4.69, 9.17) is 4.74 Å². The Bertz CT molecular complexity index is 1020. The van der Waals surface area contributed by atoms with E-state index in [9.17, 15) is 22.8 Å². The average molecular weight is 471 g/mol. The lowest BCUT2D eigenvalue weighted by Gasteiger charge is -2.27. The lowest BCUT2D eigenvalue weighted by molar-refractivity contribution is -0.133. The van der Waals surface area contributed by atoms with Crippen LogP contribution < -0.4 is 15.8 Å². The molecule has 0 spiro atoms. The second kappa shape index (κ2) is 8.88. The molecule has 12 nitrogen and oxygen atoms in total. The number of carbonyl (C=O) groups is 3. The summed E-state index contributed by atoms with van der Waals surface area (Å²) in [6.45, 7) is 2.60. The van der Waals surface area contributed by atoms with Gasteiger partial charge in [-0.05, 0) is 6.42 Å². The Labute approximate surface area is 182 Å². The number of nitrogens with zero attached hydrogens (tertiary/aromatic N) is 4. The van der Waals surface area contributed by atoms with Crippen molar-refractivity contribution < 1.29 is 27.5 Å². The summed E-state index contributed by atoms with van der Waals surface area (Å²) in [7, 11) is -3.20. The second-order valence-electron chi connectivity index (χ2n) is 7.36. The van der Waals surface area contributed by atoms with E-state index < -0.39 is 27.7 Å². The summed E-state index contributed by atoms with van der Waals surface area (Å²) in [6, 6.07) is -0.566. The summed E-state index contributed by atoms with van der Waals surface area (Å²) in [5.41, 5.74) is 4.81. The molecule has 168 valence electrons. The van der Waals surface area contributed by atoms with Crippen molar-refractivity contribution in [1.29, 1.82) is 0 Å². The molecule has 14 heteroatoms. The van der Waals surface area contributed by atoms with Gasteiger partial charge in [0.25, 0.3) is 11.8 Å². The van der Waals surface area contributed by atoms with Crippen molar-refractivity contribution in [1.82, 2.24) is 20.8 Å². The summed E-state index contributed by atoms with van der Waals surface area (Å²) in [4.78, 5) is 43.2. The molecule has 0 radical (unpaired) electrons. The lowest BCUT2D eigenvalue weighted by atomic mass is 10.1. The molecule has 4 heterocycles. The van der Waals surface area contributed by atoms with Gasteiger partial charge in [-0.3, -0.25) is 25.2 Å². The Kier molecular flexibility index (Phi) is 6.20. The SMILES string of the molecule is O=C(NNC(=O)c1csc(N2CCOCC2)n1)C1=NN([C@H]2CCS(=O)(=O)C2)C(=O)CC1. The van der Waals surface area contributed by atoms with Gasteiger partial charge in [-0.25, -0.2) is 18.4 Å². The Morgan fingerprint density at radius 1 is 1.16 bits per heavy atom. The van der Waals surface area contributed by atoms with Crippen LogP contribution in [0.2, 0.25) is 0 Å². The van der Waals surface area contributed by atoms with Crippen LogP contribution in [0.25, 0.3) is 0 Å². The lowest BCUT2D eigenvalue weighted by Crippen LogP contribution is -2.48. The highest BCUT2D eigenvalue weighted by atomic mass is 32.2. The van der Waals surface area contributed by atoms with Crippen molar-refractivity contribution in [3.05, 3.63) is 11.1 Å². The van der Waals surface area contributed by atoms with Crippen LogP contribution in [0.1, 0.15) is 29.8 Å². The Morgan fingerprint density at radius 2 is 1.90 bits per heavy atom. The smallest absolute Gasteiger partial charge is 0.289 e. The first-order valence-electron chi connectivity index (χ1n) is 9.81. The molecular weight excluding hydrogens is 448 g/mol. The van der Waals surface area contributed by atoms with Crippen LogP contribution in [-0.2, 0) is 24.2 Å². The number of hydrazine groups is 1. The molecule has 0 aromatic carbocycles. The molecule has 1 aromatic rings. The number of hydrazone groups is 1. The summed E-state index contributed by atoms with van der Waals surface area (Å²) in [5, 5.41) is 7.47. The van der Waals surface area contributed by atoms with Crippen molar-refractivity contribution in [2.24, 2.45) is 5.10 Å². The highest BCUT2D eigenvalue weighted by Crippen LogP contribution is 2.23. The van der Waals surface area contributed by atoms with Crippen molar-refractivity contribution in [3.63, 3.8) is 0 Å². The maximum atomic E-state index is 12.4. The van der Waals surface area contributed by atoms with E-state index in [0.717, 1.165) is 5.01 Å². The Balaban J connectivity index is 1.34. The quantitative estimate of drug-likeness (QED) is 0.527. The maximum Gasteiger partial charge on any atom is 0.289 e. The van der Waals surface area contributed by atoms with Crippen molar-refractivity contribution in [2.75, 3.05) is 42.7 Å². The number of ether oxygens (including phenoxy) is 1. The van der Waals surface area contributed by atoms with Crippen LogP contribution in [0.3, 0.4) is 0 Å². The molecule has 31 heavy (non-hydrogen) atoms. The van der Waals surface area contributed by atoms with Crippen LogP contribution in [0, 0.1) is 0 Å². The molecule has 4 rings (SSSR count). The molecule has 0 bridgehead atoms. The van der Waals surface area contributed by atoms with Crippen LogP contribution in [-0.4, -0.2) is 85.7 Å². The number of hydrogen-bond acceptors (Lipinski definition) is 10. The number of anilines is 1. The molecule has 3 aliphatic rings. The van der Waals surface area contributed by atoms with E-state index in [0.29, 0.717) is 37.9 Å². The minimum absolute atomic E-state index is 0.00532. The molecule has 0 saturated carbocycles. The van der Waals surface area contributed by atoms with E-state index in [2.05, 4.69) is 20.9 Å². The average Bonchev–Trinajstić information content (AvgIpc) is 3.39. The standard InChI is InChI=1S/C17H22N6O6S2/c24-14-2-1-12(21-23(14)11-3-8-31(27,28)10-11)15(25)19-20-16(26)13-9-30-17(18-13)22-4-6-29-7-5-22/h9,11H,1-8,10H2,(H,19,25)(H,20,26)/t11-/m0/s1.